The molecule has 0 unspecified atom stereocenters. The van der Waals surface area contributed by atoms with Crippen molar-refractivity contribution in [2.45, 2.75) is 0 Å². The van der Waals surface area contributed by atoms with Crippen molar-refractivity contribution in [3.63, 3.8) is 0 Å². The predicted molar refractivity (Wildman–Crippen MR) is 47.3 cm³/mol. The molecule has 0 saturated carbocycles. The summed E-state index contributed by atoms with van der Waals surface area (Å²) in [4.78, 5) is 0. The molecule has 0 spiro atoms. The lowest BCUT2D eigenvalue weighted by molar-refractivity contribution is -0.758. The number of hydrogen-bond donors (Lipinski definition) is 1. The third-order valence-electron chi connectivity index (χ3n) is 1.41. The highest BCUT2D eigenvalue weighted by Gasteiger charge is 2.24. The second-order valence-electron chi connectivity index (χ2n) is 2.25. The average molecular weight is 190 g/mol. The smallest absolute Gasteiger partial charge is 0.281 e. The van der Waals surface area contributed by atoms with E-state index in [0.29, 0.717) is 0 Å². The Morgan fingerprint density at radius 2 is 1.50 bits per heavy atom. The summed E-state index contributed by atoms with van der Waals surface area (Å²) in [6, 6.07) is 0. The number of hydrogen-bond acceptors (Lipinski definition) is 2. The highest BCUT2D eigenvalue weighted by molar-refractivity contribution is 7.85. The van der Waals surface area contributed by atoms with Gasteiger partial charge in [-0.15, -0.1) is 0 Å². The van der Waals surface area contributed by atoms with Crippen molar-refractivity contribution in [3.8, 4) is 0 Å². The fourth-order valence-electron chi connectivity index (χ4n) is 0.664. The maximum atomic E-state index is 10.5. The minimum Gasteiger partial charge on any atom is -0.281 e. The number of nitrogens with zero attached hydrogens (tertiary/aromatic N) is 1. The van der Waals surface area contributed by atoms with Gasteiger partial charge in [0.2, 0.25) is 5.88 Å². The van der Waals surface area contributed by atoms with Crippen molar-refractivity contribution in [1.29, 1.82) is 0 Å². The molecule has 4 nitrogen and oxygen atoms in total. The molecular weight excluding hydrogens is 178 g/mol. The minimum atomic E-state index is -4.06. The molecule has 5 heteroatoms. The van der Waals surface area contributed by atoms with Crippen molar-refractivity contribution in [2.75, 3.05) is 5.88 Å². The maximum absolute atomic E-state index is 10.5. The van der Waals surface area contributed by atoms with Crippen molar-refractivity contribution in [3.05, 3.63) is 38.3 Å². The Kier molecular flexibility index (Phi) is 3.38. The highest BCUT2D eigenvalue weighted by Crippen LogP contribution is 2.10. The maximum Gasteiger partial charge on any atom is 0.317 e. The van der Waals surface area contributed by atoms with E-state index in [-0.39, 0.29) is 4.48 Å². The Hall–Kier alpha value is -0.910. The molecule has 12 heavy (non-hydrogen) atoms. The standard InChI is InChI=1S/C7H11NO3S/c1-4-8(5-2,6-3)7-12(9,10)11/h4-6H,1-3,7H2/p+1. The third kappa shape index (κ3) is 3.00. The molecule has 0 aromatic rings. The quantitative estimate of drug-likeness (QED) is 0.521. The summed E-state index contributed by atoms with van der Waals surface area (Å²) in [5, 5.41) is 0. The molecule has 0 aliphatic heterocycles. The van der Waals surface area contributed by atoms with E-state index in [1.165, 1.54) is 18.6 Å². The SMILES string of the molecule is C=C[N+](C=C)(C=C)CS(=O)(=O)O. The largest absolute Gasteiger partial charge is 0.317 e. The molecule has 0 bridgehead atoms. The second-order valence-corrected chi connectivity index (χ2v) is 3.68. The van der Waals surface area contributed by atoms with E-state index in [9.17, 15) is 8.42 Å². The molecular formula is C7H12NO3S+. The van der Waals surface area contributed by atoms with Crippen molar-refractivity contribution in [1.82, 2.24) is 0 Å². The summed E-state index contributed by atoms with van der Waals surface area (Å²) >= 11 is 0. The van der Waals surface area contributed by atoms with Gasteiger partial charge in [0.25, 0.3) is 0 Å². The summed E-state index contributed by atoms with van der Waals surface area (Å²) in [6.45, 7) is 10.2. The van der Waals surface area contributed by atoms with E-state index >= 15 is 0 Å². The molecule has 0 aliphatic carbocycles. The molecule has 1 N–H and O–H groups in total. The molecule has 0 aromatic carbocycles. The van der Waals surface area contributed by atoms with Crippen molar-refractivity contribution < 1.29 is 17.5 Å². The van der Waals surface area contributed by atoms with Gasteiger partial charge in [0.05, 0.1) is 18.6 Å². The monoisotopic (exact) mass is 190 g/mol. The molecule has 0 saturated heterocycles. The van der Waals surface area contributed by atoms with Crippen LogP contribution in [0.3, 0.4) is 0 Å². The molecule has 0 rings (SSSR count). The van der Waals surface area contributed by atoms with Gasteiger partial charge < -0.3 is 0 Å². The molecule has 0 heterocycles. The first kappa shape index (κ1) is 11.1. The zero-order valence-electron chi connectivity index (χ0n) is 6.68. The zero-order valence-corrected chi connectivity index (χ0v) is 7.50. The minimum absolute atomic E-state index is 0.279. The van der Waals surface area contributed by atoms with Gasteiger partial charge in [0.15, 0.2) is 0 Å². The van der Waals surface area contributed by atoms with Crippen LogP contribution in [0.4, 0.5) is 0 Å². The fourth-order valence-corrected chi connectivity index (χ4v) is 1.55. The second kappa shape index (κ2) is 3.66. The van der Waals surface area contributed by atoms with Gasteiger partial charge in [-0.2, -0.15) is 8.42 Å². The van der Waals surface area contributed by atoms with Crippen LogP contribution >= 0.6 is 0 Å². The molecule has 0 fully saturated rings. The van der Waals surface area contributed by atoms with Gasteiger partial charge >= 0.3 is 10.1 Å². The Balaban J connectivity index is 4.88. The lowest BCUT2D eigenvalue weighted by atomic mass is 10.6. The van der Waals surface area contributed by atoms with Crippen LogP contribution in [0.25, 0.3) is 0 Å². The lowest BCUT2D eigenvalue weighted by Gasteiger charge is -2.22. The Bertz CT molecular complexity index is 270. The summed E-state index contributed by atoms with van der Waals surface area (Å²) < 4.78 is 29.3. The van der Waals surface area contributed by atoms with Crippen LogP contribution < -0.4 is 0 Å². The van der Waals surface area contributed by atoms with Crippen LogP contribution in [0.5, 0.6) is 0 Å². The van der Waals surface area contributed by atoms with Crippen LogP contribution in [-0.2, 0) is 10.1 Å². The van der Waals surface area contributed by atoms with Gasteiger partial charge in [0.1, 0.15) is 0 Å². The summed E-state index contributed by atoms with van der Waals surface area (Å²) in [5.41, 5.74) is 0. The van der Waals surface area contributed by atoms with Crippen LogP contribution in [-0.4, -0.2) is 23.3 Å². The third-order valence-corrected chi connectivity index (χ3v) is 2.18. The van der Waals surface area contributed by atoms with Gasteiger partial charge in [-0.3, -0.25) is 4.55 Å². The van der Waals surface area contributed by atoms with Crippen molar-refractivity contribution >= 4 is 10.1 Å². The van der Waals surface area contributed by atoms with E-state index < -0.39 is 16.0 Å². The predicted octanol–water partition coefficient (Wildman–Crippen LogP) is 1.08. The van der Waals surface area contributed by atoms with E-state index in [1.807, 2.05) is 0 Å². The molecule has 0 amide bonds. The van der Waals surface area contributed by atoms with Crippen LogP contribution in [0, 0.1) is 0 Å². The lowest BCUT2D eigenvalue weighted by Crippen LogP contribution is -2.35. The van der Waals surface area contributed by atoms with Crippen molar-refractivity contribution in [2.24, 2.45) is 0 Å². The van der Waals surface area contributed by atoms with E-state index in [1.54, 1.807) is 0 Å². The molecule has 0 aromatic heterocycles. The van der Waals surface area contributed by atoms with Crippen LogP contribution in [0.15, 0.2) is 38.3 Å². The summed E-state index contributed by atoms with van der Waals surface area (Å²) in [7, 11) is -4.06. The zero-order chi connectivity index (χ0) is 9.83. The number of rotatable bonds is 5. The molecule has 0 radical (unpaired) electrons. The van der Waals surface area contributed by atoms with Gasteiger partial charge in [-0.05, 0) is 19.7 Å². The van der Waals surface area contributed by atoms with Gasteiger partial charge in [0, 0.05) is 0 Å². The normalized spacial score (nSPS) is 12.1. The topological polar surface area (TPSA) is 54.4 Å². The Labute approximate surface area is 72.5 Å². The summed E-state index contributed by atoms with van der Waals surface area (Å²) in [6.07, 6.45) is 3.94. The van der Waals surface area contributed by atoms with Gasteiger partial charge in [-0.25, -0.2) is 4.48 Å². The van der Waals surface area contributed by atoms with Crippen LogP contribution in [0.2, 0.25) is 0 Å². The van der Waals surface area contributed by atoms with Crippen LogP contribution in [0.1, 0.15) is 0 Å². The first-order valence-corrected chi connectivity index (χ1v) is 4.73. The highest BCUT2D eigenvalue weighted by atomic mass is 32.2. The summed E-state index contributed by atoms with van der Waals surface area (Å²) in [5.74, 6) is -0.524. The van der Waals surface area contributed by atoms with E-state index in [2.05, 4.69) is 19.7 Å². The number of quaternary nitrogens is 1. The molecule has 68 valence electrons. The first-order chi connectivity index (χ1) is 5.39. The van der Waals surface area contributed by atoms with E-state index in [0.717, 1.165) is 0 Å². The van der Waals surface area contributed by atoms with E-state index in [4.69, 9.17) is 4.55 Å². The average Bonchev–Trinajstić information content (AvgIpc) is 1.99. The molecule has 0 atom stereocenters. The first-order valence-electron chi connectivity index (χ1n) is 3.12. The van der Waals surface area contributed by atoms with Gasteiger partial charge in [-0.1, -0.05) is 0 Å². The Morgan fingerprint density at radius 1 is 1.17 bits per heavy atom. The molecule has 0 aliphatic rings. The Morgan fingerprint density at radius 3 is 1.58 bits per heavy atom. The fraction of sp³-hybridized carbons (Fsp3) is 0.143.